The van der Waals surface area contributed by atoms with Gasteiger partial charge in [0.25, 0.3) is 0 Å². The van der Waals surface area contributed by atoms with Crippen LogP contribution < -0.4 is 14.8 Å². The van der Waals surface area contributed by atoms with Crippen LogP contribution in [0.1, 0.15) is 29.6 Å². The Balaban J connectivity index is 1.72. The summed E-state index contributed by atoms with van der Waals surface area (Å²) in [6, 6.07) is 14.6. The van der Waals surface area contributed by atoms with Crippen molar-refractivity contribution in [3.63, 3.8) is 0 Å². The number of aromatic nitrogens is 3. The van der Waals surface area contributed by atoms with Crippen LogP contribution in [-0.2, 0) is 0 Å². The van der Waals surface area contributed by atoms with E-state index in [0.29, 0.717) is 11.5 Å². The third kappa shape index (κ3) is 3.03. The van der Waals surface area contributed by atoms with Gasteiger partial charge in [-0.2, -0.15) is 10.1 Å². The van der Waals surface area contributed by atoms with Crippen LogP contribution in [0, 0.1) is 0 Å². The number of nitrogens with zero attached hydrogens (tertiary/aromatic N) is 3. The fourth-order valence-electron chi connectivity index (χ4n) is 3.37. The van der Waals surface area contributed by atoms with Crippen molar-refractivity contribution in [1.29, 1.82) is 0 Å². The van der Waals surface area contributed by atoms with Crippen LogP contribution in [0.2, 0.25) is 0 Å². The minimum Gasteiger partial charge on any atom is -0.493 e. The van der Waals surface area contributed by atoms with E-state index in [1.165, 1.54) is 5.56 Å². The van der Waals surface area contributed by atoms with Crippen molar-refractivity contribution < 1.29 is 9.47 Å². The summed E-state index contributed by atoms with van der Waals surface area (Å²) in [5.74, 6) is 2.20. The first-order valence-corrected chi connectivity index (χ1v) is 9.12. The first kappa shape index (κ1) is 16.9. The zero-order valence-electron chi connectivity index (χ0n) is 14.5. The van der Waals surface area contributed by atoms with Gasteiger partial charge in [-0.1, -0.05) is 34.1 Å². The van der Waals surface area contributed by atoms with Crippen molar-refractivity contribution in [1.82, 2.24) is 14.8 Å². The summed E-state index contributed by atoms with van der Waals surface area (Å²) in [5.41, 5.74) is 2.32. The molecule has 7 heteroatoms. The van der Waals surface area contributed by atoms with Crippen molar-refractivity contribution in [3.8, 4) is 11.5 Å². The van der Waals surface area contributed by atoms with E-state index in [0.717, 1.165) is 22.4 Å². The highest BCUT2D eigenvalue weighted by molar-refractivity contribution is 9.10. The molecule has 1 aromatic heterocycles. The number of methoxy groups -OCH3 is 2. The monoisotopic (exact) mass is 414 g/mol. The van der Waals surface area contributed by atoms with E-state index in [9.17, 15) is 0 Å². The van der Waals surface area contributed by atoms with Gasteiger partial charge >= 0.3 is 0 Å². The number of anilines is 1. The number of ether oxygens (including phenoxy) is 2. The smallest absolute Gasteiger partial charge is 0.222 e. The Labute approximate surface area is 160 Å². The van der Waals surface area contributed by atoms with E-state index in [1.807, 2.05) is 16.8 Å². The van der Waals surface area contributed by atoms with Crippen LogP contribution in [0.5, 0.6) is 11.5 Å². The fraction of sp³-hybridized carbons (Fsp3) is 0.263. The molecule has 0 radical (unpaired) electrons. The minimum atomic E-state index is 0.0576. The Hall–Kier alpha value is -2.54. The lowest BCUT2D eigenvalue weighted by Gasteiger charge is -2.32. The molecule has 0 spiro atoms. The van der Waals surface area contributed by atoms with Crippen LogP contribution in [0.25, 0.3) is 0 Å². The van der Waals surface area contributed by atoms with E-state index in [1.54, 1.807) is 20.5 Å². The number of halogens is 1. The average Bonchev–Trinajstić information content (AvgIpc) is 3.16. The fourth-order valence-corrected chi connectivity index (χ4v) is 3.64. The summed E-state index contributed by atoms with van der Waals surface area (Å²) < 4.78 is 13.8. The van der Waals surface area contributed by atoms with Gasteiger partial charge < -0.3 is 14.8 Å². The summed E-state index contributed by atoms with van der Waals surface area (Å²) in [6.45, 7) is 0. The van der Waals surface area contributed by atoms with Gasteiger partial charge in [0.1, 0.15) is 6.33 Å². The normalized spacial score (nSPS) is 18.7. The van der Waals surface area contributed by atoms with Gasteiger partial charge in [0.15, 0.2) is 11.5 Å². The van der Waals surface area contributed by atoms with Crippen LogP contribution in [-0.4, -0.2) is 29.0 Å². The maximum atomic E-state index is 5.47. The minimum absolute atomic E-state index is 0.0576. The van der Waals surface area contributed by atoms with Crippen LogP contribution in [0.15, 0.2) is 53.3 Å². The molecule has 1 aliphatic rings. The van der Waals surface area contributed by atoms with E-state index in [2.05, 4.69) is 61.7 Å². The topological polar surface area (TPSA) is 61.2 Å². The highest BCUT2D eigenvalue weighted by atomic mass is 79.9. The third-order valence-electron chi connectivity index (χ3n) is 4.70. The lowest BCUT2D eigenvalue weighted by atomic mass is 9.93. The molecule has 0 saturated heterocycles. The van der Waals surface area contributed by atoms with Crippen LogP contribution in [0.4, 0.5) is 5.95 Å². The van der Waals surface area contributed by atoms with E-state index in [4.69, 9.17) is 9.47 Å². The van der Waals surface area contributed by atoms with Gasteiger partial charge in [-0.15, -0.1) is 0 Å². The third-order valence-corrected chi connectivity index (χ3v) is 5.22. The summed E-state index contributed by atoms with van der Waals surface area (Å²) in [6.07, 6.45) is 2.44. The van der Waals surface area contributed by atoms with Gasteiger partial charge in [0.05, 0.1) is 26.3 Å². The van der Waals surface area contributed by atoms with Crippen molar-refractivity contribution in [3.05, 3.63) is 64.4 Å². The molecule has 0 saturated carbocycles. The summed E-state index contributed by atoms with van der Waals surface area (Å²) >= 11 is 3.49. The second-order valence-electron chi connectivity index (χ2n) is 6.14. The molecule has 2 aromatic carbocycles. The molecule has 1 N–H and O–H groups in total. The number of rotatable bonds is 4. The summed E-state index contributed by atoms with van der Waals surface area (Å²) in [7, 11) is 3.29. The SMILES string of the molecule is COc1ccc([C@H]2C[C@@H](c3ccc(Br)cc3)Nc3ncnn32)cc1OC. The van der Waals surface area contributed by atoms with E-state index >= 15 is 0 Å². The highest BCUT2D eigenvalue weighted by Crippen LogP contribution is 2.40. The van der Waals surface area contributed by atoms with Gasteiger partial charge in [-0.05, 0) is 41.8 Å². The lowest BCUT2D eigenvalue weighted by molar-refractivity contribution is 0.352. The molecule has 2 atom stereocenters. The Bertz CT molecular complexity index is 910. The molecule has 1 aliphatic heterocycles. The molecule has 2 heterocycles. The predicted molar refractivity (Wildman–Crippen MR) is 103 cm³/mol. The van der Waals surface area contributed by atoms with Gasteiger partial charge in [-0.3, -0.25) is 0 Å². The van der Waals surface area contributed by atoms with Crippen molar-refractivity contribution in [2.75, 3.05) is 19.5 Å². The largest absolute Gasteiger partial charge is 0.493 e. The quantitative estimate of drug-likeness (QED) is 0.692. The zero-order valence-corrected chi connectivity index (χ0v) is 16.1. The van der Waals surface area contributed by atoms with Crippen molar-refractivity contribution >= 4 is 21.9 Å². The molecule has 4 rings (SSSR count). The lowest BCUT2D eigenvalue weighted by Crippen LogP contribution is -2.28. The first-order valence-electron chi connectivity index (χ1n) is 8.33. The van der Waals surface area contributed by atoms with Crippen molar-refractivity contribution in [2.24, 2.45) is 0 Å². The molecule has 6 nitrogen and oxygen atoms in total. The average molecular weight is 415 g/mol. The molecule has 0 unspecified atom stereocenters. The summed E-state index contributed by atoms with van der Waals surface area (Å²) in [4.78, 5) is 4.38. The molecule has 134 valence electrons. The maximum Gasteiger partial charge on any atom is 0.222 e. The Morgan fingerprint density at radius 2 is 1.77 bits per heavy atom. The number of fused-ring (bicyclic) bond motifs is 1. The molecular formula is C19H19BrN4O2. The number of benzene rings is 2. The maximum absolute atomic E-state index is 5.47. The molecule has 0 fully saturated rings. The second-order valence-corrected chi connectivity index (χ2v) is 7.06. The standard InChI is InChI=1S/C19H19BrN4O2/c1-25-17-8-5-13(9-18(17)26-2)16-10-15(12-3-6-14(20)7-4-12)23-19-21-11-22-24(16)19/h3-9,11,15-16H,10H2,1-2H3,(H,21,22,23)/t15-,16+/m0/s1. The van der Waals surface area contributed by atoms with E-state index < -0.39 is 0 Å². The van der Waals surface area contributed by atoms with Gasteiger partial charge in [0, 0.05) is 4.47 Å². The number of hydrogen-bond acceptors (Lipinski definition) is 5. The van der Waals surface area contributed by atoms with Crippen molar-refractivity contribution in [2.45, 2.75) is 18.5 Å². The number of hydrogen-bond donors (Lipinski definition) is 1. The van der Waals surface area contributed by atoms with E-state index in [-0.39, 0.29) is 12.1 Å². The molecule has 0 amide bonds. The molecule has 3 aromatic rings. The highest BCUT2D eigenvalue weighted by Gasteiger charge is 2.30. The molecular weight excluding hydrogens is 396 g/mol. The Kier molecular flexibility index (Phi) is 4.55. The zero-order chi connectivity index (χ0) is 18.1. The van der Waals surface area contributed by atoms with Gasteiger partial charge in [-0.25, -0.2) is 4.68 Å². The molecule has 26 heavy (non-hydrogen) atoms. The molecule has 0 aliphatic carbocycles. The first-order chi connectivity index (χ1) is 12.7. The van der Waals surface area contributed by atoms with Crippen LogP contribution in [0.3, 0.4) is 0 Å². The second kappa shape index (κ2) is 6.99. The number of nitrogens with one attached hydrogen (secondary N) is 1. The van der Waals surface area contributed by atoms with Gasteiger partial charge in [0.2, 0.25) is 5.95 Å². The predicted octanol–water partition coefficient (Wildman–Crippen LogP) is 4.20. The Morgan fingerprint density at radius 1 is 1.04 bits per heavy atom. The summed E-state index contributed by atoms with van der Waals surface area (Å²) in [5, 5.41) is 7.90. The Morgan fingerprint density at radius 3 is 2.50 bits per heavy atom. The molecule has 0 bridgehead atoms. The van der Waals surface area contributed by atoms with Crippen LogP contribution >= 0.6 is 15.9 Å².